The molecule has 2 fully saturated rings. The first-order valence-electron chi connectivity index (χ1n) is 16.0. The van der Waals surface area contributed by atoms with Crippen LogP contribution >= 0.6 is 23.2 Å². The first kappa shape index (κ1) is 30.8. The van der Waals surface area contributed by atoms with Crippen LogP contribution in [0.2, 0.25) is 10.0 Å². The standard InChI is InChI=1S/C36H42Cl2FN5/c1-4-25(2)44-26(3)43(24-40-44)32-14-12-31(13-15-32)41-17-19-42(20-18-41)33-11-9-28(36(39)23-33)7-5-27-6-8-29(21-27)34-16-10-30(37)22-35(34)38/h9-16,22-25,27,29H,3-8,17-21H2,1-2H3/t25?,27-,29?/m1/s1. The summed E-state index contributed by atoms with van der Waals surface area (Å²) >= 11 is 12.6. The predicted molar refractivity (Wildman–Crippen MR) is 184 cm³/mol. The van der Waals surface area contributed by atoms with Gasteiger partial charge in [0, 0.05) is 53.3 Å². The average Bonchev–Trinajstić information content (AvgIpc) is 3.67. The molecule has 3 aliphatic rings. The minimum atomic E-state index is -0.0882. The van der Waals surface area contributed by atoms with Gasteiger partial charge in [0.05, 0.1) is 6.04 Å². The number of benzene rings is 3. The van der Waals surface area contributed by atoms with E-state index < -0.39 is 0 Å². The fourth-order valence-corrected chi connectivity index (χ4v) is 7.46. The van der Waals surface area contributed by atoms with Crippen molar-refractivity contribution in [2.75, 3.05) is 40.9 Å². The van der Waals surface area contributed by atoms with Gasteiger partial charge in [-0.25, -0.2) is 9.40 Å². The third-order valence-electron chi connectivity index (χ3n) is 9.78. The molecule has 44 heavy (non-hydrogen) atoms. The molecule has 1 saturated carbocycles. The molecule has 8 heteroatoms. The zero-order valence-corrected chi connectivity index (χ0v) is 27.2. The van der Waals surface area contributed by atoms with Crippen LogP contribution in [-0.4, -0.2) is 43.6 Å². The molecule has 0 spiro atoms. The van der Waals surface area contributed by atoms with Gasteiger partial charge in [-0.05, 0) is 117 Å². The van der Waals surface area contributed by atoms with Crippen LogP contribution in [0.3, 0.4) is 0 Å². The summed E-state index contributed by atoms with van der Waals surface area (Å²) in [5.41, 5.74) is 5.24. The van der Waals surface area contributed by atoms with Crippen molar-refractivity contribution < 1.29 is 4.39 Å². The predicted octanol–water partition coefficient (Wildman–Crippen LogP) is 9.31. The molecule has 3 aromatic carbocycles. The molecule has 0 N–H and O–H groups in total. The highest BCUT2D eigenvalue weighted by Crippen LogP contribution is 2.43. The summed E-state index contributed by atoms with van der Waals surface area (Å²) in [5.74, 6) is 1.85. The van der Waals surface area contributed by atoms with Gasteiger partial charge in [-0.2, -0.15) is 5.10 Å². The maximum absolute atomic E-state index is 15.2. The number of aryl methyl sites for hydroxylation is 1. The molecule has 5 nitrogen and oxygen atoms in total. The van der Waals surface area contributed by atoms with Crippen molar-refractivity contribution in [3.63, 3.8) is 0 Å². The Morgan fingerprint density at radius 2 is 1.59 bits per heavy atom. The lowest BCUT2D eigenvalue weighted by molar-refractivity contribution is 0.286. The first-order chi connectivity index (χ1) is 21.3. The molecule has 0 aromatic heterocycles. The highest BCUT2D eigenvalue weighted by atomic mass is 35.5. The molecule has 232 valence electrons. The average molecular weight is 635 g/mol. The molecule has 2 unspecified atom stereocenters. The zero-order valence-electron chi connectivity index (χ0n) is 25.7. The van der Waals surface area contributed by atoms with Gasteiger partial charge in [0.2, 0.25) is 0 Å². The number of hydrogen-bond donors (Lipinski definition) is 0. The van der Waals surface area contributed by atoms with Crippen LogP contribution in [0.1, 0.15) is 63.0 Å². The van der Waals surface area contributed by atoms with Gasteiger partial charge in [0.1, 0.15) is 18.0 Å². The molecule has 3 atom stereocenters. The van der Waals surface area contributed by atoms with Crippen molar-refractivity contribution in [3.05, 3.63) is 100 Å². The summed E-state index contributed by atoms with van der Waals surface area (Å²) in [7, 11) is 0. The Morgan fingerprint density at radius 1 is 0.909 bits per heavy atom. The Kier molecular flexibility index (Phi) is 9.39. The Morgan fingerprint density at radius 3 is 2.27 bits per heavy atom. The van der Waals surface area contributed by atoms with E-state index in [4.69, 9.17) is 23.2 Å². The number of rotatable bonds is 9. The largest absolute Gasteiger partial charge is 0.368 e. The molecule has 1 saturated heterocycles. The quantitative estimate of drug-likeness (QED) is 0.234. The number of piperazine rings is 1. The lowest BCUT2D eigenvalue weighted by Crippen LogP contribution is -2.46. The summed E-state index contributed by atoms with van der Waals surface area (Å²) < 4.78 is 15.2. The molecule has 0 bridgehead atoms. The van der Waals surface area contributed by atoms with Gasteiger partial charge in [-0.1, -0.05) is 48.8 Å². The molecular formula is C36H42Cl2FN5. The van der Waals surface area contributed by atoms with Crippen LogP contribution in [0.15, 0.2) is 78.2 Å². The van der Waals surface area contributed by atoms with Crippen LogP contribution in [0, 0.1) is 11.7 Å². The fourth-order valence-electron chi connectivity index (χ4n) is 6.90. The van der Waals surface area contributed by atoms with Crippen LogP contribution in [0.25, 0.3) is 0 Å². The number of hydrogen-bond acceptors (Lipinski definition) is 5. The van der Waals surface area contributed by atoms with Crippen molar-refractivity contribution in [1.82, 2.24) is 5.01 Å². The lowest BCUT2D eigenvalue weighted by Gasteiger charge is -2.37. The number of hydrazone groups is 1. The second-order valence-corrected chi connectivity index (χ2v) is 13.3. The minimum absolute atomic E-state index is 0.0882. The van der Waals surface area contributed by atoms with Gasteiger partial charge in [-0.3, -0.25) is 4.90 Å². The summed E-state index contributed by atoms with van der Waals surface area (Å²) in [6.07, 6.45) is 8.02. The fraction of sp³-hybridized carbons (Fsp3) is 0.417. The summed E-state index contributed by atoms with van der Waals surface area (Å²) in [6, 6.07) is 20.6. The second-order valence-electron chi connectivity index (χ2n) is 12.5. The van der Waals surface area contributed by atoms with Crippen molar-refractivity contribution >= 4 is 46.6 Å². The smallest absolute Gasteiger partial charge is 0.128 e. The van der Waals surface area contributed by atoms with Crippen LogP contribution in [0.4, 0.5) is 21.5 Å². The first-order valence-corrected chi connectivity index (χ1v) is 16.7. The van der Waals surface area contributed by atoms with Crippen LogP contribution in [0.5, 0.6) is 0 Å². The summed E-state index contributed by atoms with van der Waals surface area (Å²) in [6.45, 7) is 12.1. The maximum atomic E-state index is 15.2. The van der Waals surface area contributed by atoms with E-state index in [0.717, 1.165) is 92.5 Å². The van der Waals surface area contributed by atoms with Crippen LogP contribution < -0.4 is 14.7 Å². The Bertz CT molecular complexity index is 1500. The van der Waals surface area contributed by atoms with Gasteiger partial charge < -0.3 is 9.80 Å². The highest BCUT2D eigenvalue weighted by Gasteiger charge is 2.28. The zero-order chi connectivity index (χ0) is 30.8. The topological polar surface area (TPSA) is 25.3 Å². The molecular weight excluding hydrogens is 592 g/mol. The van der Waals surface area contributed by atoms with E-state index in [9.17, 15) is 0 Å². The van der Waals surface area contributed by atoms with E-state index in [0.29, 0.717) is 22.9 Å². The van der Waals surface area contributed by atoms with Gasteiger partial charge >= 0.3 is 0 Å². The third-order valence-corrected chi connectivity index (χ3v) is 10.3. The van der Waals surface area contributed by atoms with Gasteiger partial charge in [-0.15, -0.1) is 0 Å². The van der Waals surface area contributed by atoms with Gasteiger partial charge in [0.25, 0.3) is 0 Å². The third kappa shape index (κ3) is 6.57. The second kappa shape index (κ2) is 13.4. The lowest BCUT2D eigenvalue weighted by atomic mass is 9.93. The van der Waals surface area contributed by atoms with Crippen molar-refractivity contribution in [3.8, 4) is 0 Å². The Labute approximate surface area is 271 Å². The molecule has 2 heterocycles. The van der Waals surface area contributed by atoms with E-state index in [-0.39, 0.29) is 5.82 Å². The van der Waals surface area contributed by atoms with E-state index in [1.807, 2.05) is 34.4 Å². The maximum Gasteiger partial charge on any atom is 0.128 e. The Hall–Kier alpha value is -3.22. The van der Waals surface area contributed by atoms with E-state index >= 15 is 4.39 Å². The molecule has 2 aliphatic heterocycles. The summed E-state index contributed by atoms with van der Waals surface area (Å²) in [5, 5.41) is 7.95. The normalized spacial score (nSPS) is 21.1. The van der Waals surface area contributed by atoms with Crippen molar-refractivity contribution in [2.24, 2.45) is 11.0 Å². The summed E-state index contributed by atoms with van der Waals surface area (Å²) in [4.78, 5) is 6.73. The van der Waals surface area contributed by atoms with E-state index in [1.165, 1.54) is 11.3 Å². The van der Waals surface area contributed by atoms with E-state index in [1.54, 1.807) is 6.07 Å². The van der Waals surface area contributed by atoms with Crippen LogP contribution in [-0.2, 0) is 6.42 Å². The number of nitrogens with zero attached hydrogens (tertiary/aromatic N) is 5. The molecule has 0 radical (unpaired) electrons. The molecule has 3 aromatic rings. The molecule has 0 amide bonds. The Balaban J connectivity index is 0.987. The minimum Gasteiger partial charge on any atom is -0.368 e. The highest BCUT2D eigenvalue weighted by molar-refractivity contribution is 6.35. The monoisotopic (exact) mass is 633 g/mol. The van der Waals surface area contributed by atoms with Crippen molar-refractivity contribution in [2.45, 2.75) is 64.3 Å². The SMILES string of the molecule is C=C1N(c2ccc(N3CCN(c4ccc(CC[C@@H]5CCC(c6ccc(Cl)cc6Cl)C5)c(F)c4)CC3)cc2)C=NN1C(C)CC. The molecule has 6 rings (SSSR count). The number of anilines is 3. The number of halogens is 3. The van der Waals surface area contributed by atoms with E-state index in [2.05, 4.69) is 71.7 Å². The molecule has 1 aliphatic carbocycles. The van der Waals surface area contributed by atoms with Crippen molar-refractivity contribution in [1.29, 1.82) is 0 Å². The van der Waals surface area contributed by atoms with Gasteiger partial charge in [0.15, 0.2) is 0 Å².